The Labute approximate surface area is 154 Å². The smallest absolute Gasteiger partial charge is 0.124 e. The molecule has 0 aliphatic rings. The van der Waals surface area contributed by atoms with Gasteiger partial charge in [0.15, 0.2) is 0 Å². The number of aromatic amines is 1. The van der Waals surface area contributed by atoms with Gasteiger partial charge in [-0.05, 0) is 48.5 Å². The molecule has 1 aromatic heterocycles. The number of fused-ring (bicyclic) bond motifs is 1. The van der Waals surface area contributed by atoms with Crippen LogP contribution in [-0.2, 0) is 6.54 Å². The minimum Gasteiger partial charge on any atom is -0.496 e. The van der Waals surface area contributed by atoms with E-state index >= 15 is 0 Å². The topological polar surface area (TPSA) is 49.9 Å². The van der Waals surface area contributed by atoms with Gasteiger partial charge in [-0.3, -0.25) is 5.10 Å². The van der Waals surface area contributed by atoms with Crippen molar-refractivity contribution >= 4 is 16.6 Å². The van der Waals surface area contributed by atoms with E-state index in [2.05, 4.69) is 15.5 Å². The van der Waals surface area contributed by atoms with E-state index < -0.39 is 0 Å². The summed E-state index contributed by atoms with van der Waals surface area (Å²) in [7, 11) is 1.56. The maximum absolute atomic E-state index is 13.6. The average Bonchev–Trinajstić information content (AvgIpc) is 3.10. The summed E-state index contributed by atoms with van der Waals surface area (Å²) in [5.41, 5.74) is 3.79. The minimum atomic E-state index is -0.314. The number of nitrogens with zero attached hydrogens (tertiary/aromatic N) is 1. The fourth-order valence-electron chi connectivity index (χ4n) is 3.06. The monoisotopic (exact) mass is 365 g/mol. The molecule has 0 atom stereocenters. The fraction of sp³-hybridized carbons (Fsp3) is 0.0952. The second-order valence-electron chi connectivity index (χ2n) is 6.15. The van der Waals surface area contributed by atoms with E-state index in [0.717, 1.165) is 22.2 Å². The molecular weight excluding hydrogens is 348 g/mol. The number of hydrogen-bond acceptors (Lipinski definition) is 3. The van der Waals surface area contributed by atoms with Gasteiger partial charge < -0.3 is 10.1 Å². The van der Waals surface area contributed by atoms with Crippen LogP contribution >= 0.6 is 0 Å². The van der Waals surface area contributed by atoms with Crippen LogP contribution in [0.15, 0.2) is 60.7 Å². The van der Waals surface area contributed by atoms with Crippen molar-refractivity contribution in [2.24, 2.45) is 0 Å². The van der Waals surface area contributed by atoms with Crippen LogP contribution < -0.4 is 10.1 Å². The Kier molecular flexibility index (Phi) is 4.46. The van der Waals surface area contributed by atoms with Crippen molar-refractivity contribution in [2.45, 2.75) is 6.54 Å². The van der Waals surface area contributed by atoms with Gasteiger partial charge >= 0.3 is 0 Å². The van der Waals surface area contributed by atoms with E-state index in [4.69, 9.17) is 4.74 Å². The summed E-state index contributed by atoms with van der Waals surface area (Å²) < 4.78 is 32.4. The number of ether oxygens (including phenoxy) is 1. The van der Waals surface area contributed by atoms with Crippen molar-refractivity contribution in [3.63, 3.8) is 0 Å². The van der Waals surface area contributed by atoms with Gasteiger partial charge in [-0.25, -0.2) is 8.78 Å². The van der Waals surface area contributed by atoms with Gasteiger partial charge in [0.1, 0.15) is 23.1 Å². The summed E-state index contributed by atoms with van der Waals surface area (Å²) in [6.45, 7) is 0.402. The number of H-pyrrole nitrogens is 1. The molecule has 4 nitrogen and oxygen atoms in total. The van der Waals surface area contributed by atoms with Gasteiger partial charge in [0.05, 0.1) is 12.6 Å². The second kappa shape index (κ2) is 7.07. The van der Waals surface area contributed by atoms with Crippen LogP contribution in [0.1, 0.15) is 5.56 Å². The molecule has 2 N–H and O–H groups in total. The van der Waals surface area contributed by atoms with E-state index in [-0.39, 0.29) is 11.6 Å². The molecule has 4 rings (SSSR count). The molecular formula is C21H17F2N3O. The highest BCUT2D eigenvalue weighted by Gasteiger charge is 2.10. The first-order valence-electron chi connectivity index (χ1n) is 8.44. The molecule has 6 heteroatoms. The lowest BCUT2D eigenvalue weighted by Crippen LogP contribution is -2.02. The van der Waals surface area contributed by atoms with Gasteiger partial charge in [0.25, 0.3) is 0 Å². The van der Waals surface area contributed by atoms with Crippen LogP contribution in [0, 0.1) is 11.6 Å². The molecule has 0 amide bonds. The lowest BCUT2D eigenvalue weighted by molar-refractivity contribution is 0.409. The highest BCUT2D eigenvalue weighted by molar-refractivity contribution is 5.94. The van der Waals surface area contributed by atoms with Crippen molar-refractivity contribution in [3.8, 4) is 17.0 Å². The van der Waals surface area contributed by atoms with Gasteiger partial charge in [0, 0.05) is 28.7 Å². The Balaban J connectivity index is 1.64. The minimum absolute atomic E-state index is 0.309. The Hall–Kier alpha value is -3.41. The van der Waals surface area contributed by atoms with Crippen LogP contribution in [0.4, 0.5) is 14.5 Å². The zero-order valence-electron chi connectivity index (χ0n) is 14.6. The molecule has 1 heterocycles. The Morgan fingerprint density at radius 2 is 1.85 bits per heavy atom. The first-order valence-corrected chi connectivity index (χ1v) is 8.44. The van der Waals surface area contributed by atoms with Crippen LogP contribution in [0.2, 0.25) is 0 Å². The molecule has 4 aromatic rings. The molecule has 136 valence electrons. The lowest BCUT2D eigenvalue weighted by Gasteiger charge is -2.11. The van der Waals surface area contributed by atoms with Gasteiger partial charge in [-0.1, -0.05) is 12.1 Å². The maximum Gasteiger partial charge on any atom is 0.124 e. The number of nitrogens with one attached hydrogen (secondary N) is 2. The molecule has 0 fully saturated rings. The molecule has 0 saturated heterocycles. The maximum atomic E-state index is 13.6. The quantitative estimate of drug-likeness (QED) is 0.516. The highest BCUT2D eigenvalue weighted by Crippen LogP contribution is 2.29. The molecule has 0 aliphatic carbocycles. The number of benzene rings is 3. The lowest BCUT2D eigenvalue weighted by atomic mass is 10.1. The van der Waals surface area contributed by atoms with E-state index in [1.165, 1.54) is 24.3 Å². The summed E-state index contributed by atoms with van der Waals surface area (Å²) >= 11 is 0. The summed E-state index contributed by atoms with van der Waals surface area (Å²) in [6.07, 6.45) is 0. The van der Waals surface area contributed by atoms with Gasteiger partial charge in [-0.2, -0.15) is 5.10 Å². The highest BCUT2D eigenvalue weighted by atomic mass is 19.1. The first kappa shape index (κ1) is 17.0. The van der Waals surface area contributed by atoms with Crippen LogP contribution in [0.3, 0.4) is 0 Å². The molecule has 3 aromatic carbocycles. The largest absolute Gasteiger partial charge is 0.496 e. The molecule has 0 radical (unpaired) electrons. The Morgan fingerprint density at radius 1 is 1.00 bits per heavy atom. The molecule has 0 bridgehead atoms. The molecule has 0 aliphatic heterocycles. The number of halogens is 2. The number of rotatable bonds is 5. The van der Waals surface area contributed by atoms with Crippen molar-refractivity contribution < 1.29 is 13.5 Å². The molecule has 27 heavy (non-hydrogen) atoms. The summed E-state index contributed by atoms with van der Waals surface area (Å²) in [5.74, 6) is -0.00357. The Bertz CT molecular complexity index is 1110. The van der Waals surface area contributed by atoms with Gasteiger partial charge in [-0.15, -0.1) is 0 Å². The number of methoxy groups -OCH3 is 1. The Morgan fingerprint density at radius 3 is 2.67 bits per heavy atom. The summed E-state index contributed by atoms with van der Waals surface area (Å²) in [6, 6.07) is 16.5. The third-order valence-electron chi connectivity index (χ3n) is 4.39. The van der Waals surface area contributed by atoms with Crippen molar-refractivity contribution in [2.75, 3.05) is 12.4 Å². The van der Waals surface area contributed by atoms with Crippen LogP contribution in [0.5, 0.6) is 5.75 Å². The van der Waals surface area contributed by atoms with Crippen LogP contribution in [0.25, 0.3) is 22.2 Å². The van der Waals surface area contributed by atoms with Crippen molar-refractivity contribution in [1.29, 1.82) is 0 Å². The number of hydrogen-bond donors (Lipinski definition) is 2. The molecule has 0 saturated carbocycles. The van der Waals surface area contributed by atoms with Crippen LogP contribution in [-0.4, -0.2) is 17.3 Å². The average molecular weight is 365 g/mol. The van der Waals surface area contributed by atoms with Crippen molar-refractivity contribution in [1.82, 2.24) is 10.2 Å². The van der Waals surface area contributed by atoms with E-state index in [0.29, 0.717) is 23.6 Å². The second-order valence-corrected chi connectivity index (χ2v) is 6.15. The number of aromatic nitrogens is 2. The first-order chi connectivity index (χ1) is 13.1. The van der Waals surface area contributed by atoms with E-state index in [1.807, 2.05) is 24.3 Å². The SMILES string of the molecule is COc1ccc(F)cc1CNc1ccc2[nH]nc(-c3cccc(F)c3)c2c1. The predicted octanol–water partition coefficient (Wildman–Crippen LogP) is 5.13. The third-order valence-corrected chi connectivity index (χ3v) is 4.39. The predicted molar refractivity (Wildman–Crippen MR) is 102 cm³/mol. The summed E-state index contributed by atoms with van der Waals surface area (Å²) in [4.78, 5) is 0. The molecule has 0 unspecified atom stereocenters. The number of anilines is 1. The standard InChI is InChI=1S/C21H17F2N3O/c1-27-20-8-5-16(23)10-14(20)12-24-17-6-7-19-18(11-17)21(26-25-19)13-3-2-4-15(22)9-13/h2-11,24H,12H2,1H3,(H,25,26). The van der Waals surface area contributed by atoms with E-state index in [9.17, 15) is 8.78 Å². The summed E-state index contributed by atoms with van der Waals surface area (Å²) in [5, 5.41) is 11.4. The van der Waals surface area contributed by atoms with Crippen molar-refractivity contribution in [3.05, 3.63) is 77.9 Å². The fourth-order valence-corrected chi connectivity index (χ4v) is 3.06. The van der Waals surface area contributed by atoms with Gasteiger partial charge in [0.2, 0.25) is 0 Å². The normalized spacial score (nSPS) is 10.9. The zero-order valence-corrected chi connectivity index (χ0v) is 14.6. The zero-order chi connectivity index (χ0) is 18.8. The van der Waals surface area contributed by atoms with E-state index in [1.54, 1.807) is 19.2 Å². The third kappa shape index (κ3) is 3.46. The molecule has 0 spiro atoms.